The molecule has 1 aromatic heterocycles. The highest BCUT2D eigenvalue weighted by Crippen LogP contribution is 2.37. The molecule has 2 aliphatic rings. The summed E-state index contributed by atoms with van der Waals surface area (Å²) in [5.41, 5.74) is 0. The van der Waals surface area contributed by atoms with Gasteiger partial charge in [0.2, 0.25) is 5.89 Å². The Balaban J connectivity index is 1.69. The van der Waals surface area contributed by atoms with Crippen LogP contribution in [0.2, 0.25) is 0 Å². The molecule has 1 unspecified atom stereocenters. The quantitative estimate of drug-likeness (QED) is 0.833. The van der Waals surface area contributed by atoms with Crippen LogP contribution >= 0.6 is 11.8 Å². The number of rotatable bonds is 2. The maximum Gasteiger partial charge on any atom is 0.243 e. The lowest BCUT2D eigenvalue weighted by Crippen LogP contribution is -2.15. The van der Waals surface area contributed by atoms with Crippen molar-refractivity contribution in [1.29, 1.82) is 0 Å². The van der Waals surface area contributed by atoms with Gasteiger partial charge in [0.15, 0.2) is 5.82 Å². The molecule has 17 heavy (non-hydrogen) atoms. The van der Waals surface area contributed by atoms with Crippen molar-refractivity contribution >= 4 is 11.8 Å². The lowest BCUT2D eigenvalue weighted by molar-refractivity contribution is 0.191. The van der Waals surface area contributed by atoms with E-state index in [0.717, 1.165) is 12.2 Å². The van der Waals surface area contributed by atoms with Gasteiger partial charge in [0.25, 0.3) is 0 Å². The maximum absolute atomic E-state index is 9.46. The number of thioether (sulfide) groups is 1. The van der Waals surface area contributed by atoms with E-state index in [0.29, 0.717) is 24.1 Å². The number of hydrogen-bond donors (Lipinski definition) is 2. The van der Waals surface area contributed by atoms with Gasteiger partial charge in [-0.05, 0) is 25.0 Å². The molecule has 94 valence electrons. The zero-order chi connectivity index (χ0) is 11.7. The predicted molar refractivity (Wildman–Crippen MR) is 64.7 cm³/mol. The van der Waals surface area contributed by atoms with E-state index >= 15 is 0 Å². The monoisotopic (exact) mass is 255 g/mol. The highest BCUT2D eigenvalue weighted by atomic mass is 32.2. The van der Waals surface area contributed by atoms with Crippen molar-refractivity contribution in [3.8, 4) is 0 Å². The van der Waals surface area contributed by atoms with Gasteiger partial charge in [0.1, 0.15) is 0 Å². The Labute approximate surface area is 104 Å². The largest absolute Gasteiger partial charge is 0.392 e. The zero-order valence-corrected chi connectivity index (χ0v) is 10.4. The number of nitrogens with zero attached hydrogens (tertiary/aromatic N) is 2. The number of hydrogen-bond acceptors (Lipinski definition) is 6. The molecule has 3 heterocycles. The van der Waals surface area contributed by atoms with Crippen molar-refractivity contribution in [3.05, 3.63) is 11.7 Å². The Kier molecular flexibility index (Phi) is 3.35. The average molecular weight is 255 g/mol. The number of aliphatic hydroxyl groups excluding tert-OH is 1. The molecule has 2 fully saturated rings. The Bertz CT molecular complexity index is 359. The third-order valence-corrected chi connectivity index (χ3v) is 4.70. The molecule has 1 aromatic rings. The van der Waals surface area contributed by atoms with Crippen LogP contribution in [0.1, 0.15) is 48.7 Å². The summed E-state index contributed by atoms with van der Waals surface area (Å²) in [7, 11) is 0. The highest BCUT2D eigenvalue weighted by Gasteiger charge is 2.29. The number of nitrogens with one attached hydrogen (secondary N) is 1. The van der Waals surface area contributed by atoms with Gasteiger partial charge in [-0.3, -0.25) is 0 Å². The van der Waals surface area contributed by atoms with E-state index in [1.165, 1.54) is 18.6 Å². The summed E-state index contributed by atoms with van der Waals surface area (Å²) in [6.45, 7) is 0.612. The molecule has 0 aromatic carbocycles. The van der Waals surface area contributed by atoms with E-state index in [-0.39, 0.29) is 12.1 Å². The number of aromatic nitrogens is 2. The Morgan fingerprint density at radius 1 is 1.41 bits per heavy atom. The molecule has 0 spiro atoms. The Morgan fingerprint density at radius 3 is 3.06 bits per heavy atom. The molecule has 3 rings (SSSR count). The fourth-order valence-electron chi connectivity index (χ4n) is 2.37. The summed E-state index contributed by atoms with van der Waals surface area (Å²) >= 11 is 1.92. The second-order valence-corrected chi connectivity index (χ2v) is 6.01. The normalized spacial score (nSPS) is 34.1. The van der Waals surface area contributed by atoms with Crippen LogP contribution in [0.25, 0.3) is 0 Å². The van der Waals surface area contributed by atoms with E-state index in [9.17, 15) is 5.11 Å². The van der Waals surface area contributed by atoms with Crippen molar-refractivity contribution in [2.45, 2.75) is 43.1 Å². The standard InChI is InChI=1S/C11H17N3O2S/c15-7-5-8(12-6-7)11-13-10(14-16-11)9-3-1-2-4-17-9/h7-9,12,15H,1-6H2/t7-,8-,9?/m0/s1. The topological polar surface area (TPSA) is 71.2 Å². The highest BCUT2D eigenvalue weighted by molar-refractivity contribution is 7.99. The van der Waals surface area contributed by atoms with Gasteiger partial charge >= 0.3 is 0 Å². The molecule has 0 bridgehead atoms. The van der Waals surface area contributed by atoms with Crippen molar-refractivity contribution in [1.82, 2.24) is 15.5 Å². The van der Waals surface area contributed by atoms with Gasteiger partial charge in [0.05, 0.1) is 17.4 Å². The van der Waals surface area contributed by atoms with Gasteiger partial charge in [0, 0.05) is 6.54 Å². The summed E-state index contributed by atoms with van der Waals surface area (Å²) in [6.07, 6.45) is 4.06. The van der Waals surface area contributed by atoms with E-state index in [1.807, 2.05) is 11.8 Å². The van der Waals surface area contributed by atoms with E-state index in [2.05, 4.69) is 15.5 Å². The minimum absolute atomic E-state index is 0.0276. The first-order chi connectivity index (χ1) is 8.33. The first kappa shape index (κ1) is 11.5. The fourth-order valence-corrected chi connectivity index (χ4v) is 3.60. The summed E-state index contributed by atoms with van der Waals surface area (Å²) in [5.74, 6) is 2.64. The maximum atomic E-state index is 9.46. The molecule has 0 radical (unpaired) electrons. The second kappa shape index (κ2) is 4.96. The summed E-state index contributed by atoms with van der Waals surface area (Å²) < 4.78 is 5.30. The van der Waals surface area contributed by atoms with Crippen LogP contribution in [0.3, 0.4) is 0 Å². The molecule has 6 heteroatoms. The third kappa shape index (κ3) is 2.48. The van der Waals surface area contributed by atoms with Crippen LogP contribution in [0, 0.1) is 0 Å². The van der Waals surface area contributed by atoms with Gasteiger partial charge in [-0.2, -0.15) is 16.7 Å². The Morgan fingerprint density at radius 2 is 2.35 bits per heavy atom. The third-order valence-electron chi connectivity index (χ3n) is 3.33. The van der Waals surface area contributed by atoms with Crippen molar-refractivity contribution < 1.29 is 9.63 Å². The molecule has 0 saturated carbocycles. The fraction of sp³-hybridized carbons (Fsp3) is 0.818. The first-order valence-electron chi connectivity index (χ1n) is 6.19. The van der Waals surface area contributed by atoms with Crippen molar-refractivity contribution in [2.75, 3.05) is 12.3 Å². The van der Waals surface area contributed by atoms with Gasteiger partial charge < -0.3 is 14.9 Å². The lowest BCUT2D eigenvalue weighted by Gasteiger charge is -2.17. The summed E-state index contributed by atoms with van der Waals surface area (Å²) in [5, 5.41) is 17.1. The molecule has 2 N–H and O–H groups in total. The number of β-amino-alcohol motifs (C(OH)–C–C–N with tert-alkyl or cyclic N) is 1. The van der Waals surface area contributed by atoms with Crippen LogP contribution < -0.4 is 5.32 Å². The molecular formula is C11H17N3O2S. The molecular weight excluding hydrogens is 238 g/mol. The Hall–Kier alpha value is -0.590. The summed E-state index contributed by atoms with van der Waals surface area (Å²) in [4.78, 5) is 4.48. The minimum atomic E-state index is -0.292. The molecule has 2 saturated heterocycles. The van der Waals surface area contributed by atoms with Crippen molar-refractivity contribution in [3.63, 3.8) is 0 Å². The van der Waals surface area contributed by atoms with Crippen LogP contribution in [-0.4, -0.2) is 33.6 Å². The average Bonchev–Trinajstić information content (AvgIpc) is 2.98. The molecule has 2 aliphatic heterocycles. The SMILES string of the molecule is O[C@@H]1CN[C@H](c2nc(C3CCCCS3)no2)C1. The van der Waals surface area contributed by atoms with E-state index in [4.69, 9.17) is 4.52 Å². The van der Waals surface area contributed by atoms with Crippen LogP contribution in [0.4, 0.5) is 0 Å². The zero-order valence-electron chi connectivity index (χ0n) is 9.63. The van der Waals surface area contributed by atoms with Gasteiger partial charge in [-0.15, -0.1) is 0 Å². The first-order valence-corrected chi connectivity index (χ1v) is 7.24. The van der Waals surface area contributed by atoms with Gasteiger partial charge in [-0.1, -0.05) is 11.6 Å². The van der Waals surface area contributed by atoms with Crippen molar-refractivity contribution in [2.24, 2.45) is 0 Å². The number of aliphatic hydroxyl groups is 1. The molecule has 5 nitrogen and oxygen atoms in total. The van der Waals surface area contributed by atoms with Crippen LogP contribution in [0.15, 0.2) is 4.52 Å². The minimum Gasteiger partial charge on any atom is -0.392 e. The smallest absolute Gasteiger partial charge is 0.243 e. The summed E-state index contributed by atoms with van der Waals surface area (Å²) in [6, 6.07) is 0.0276. The molecule has 0 aliphatic carbocycles. The van der Waals surface area contributed by atoms with E-state index < -0.39 is 0 Å². The van der Waals surface area contributed by atoms with Gasteiger partial charge in [-0.25, -0.2) is 0 Å². The van der Waals surface area contributed by atoms with Crippen LogP contribution in [0.5, 0.6) is 0 Å². The lowest BCUT2D eigenvalue weighted by atomic mass is 10.2. The molecule has 3 atom stereocenters. The van der Waals surface area contributed by atoms with E-state index in [1.54, 1.807) is 0 Å². The second-order valence-electron chi connectivity index (χ2n) is 4.70. The predicted octanol–water partition coefficient (Wildman–Crippen LogP) is 1.42. The molecule has 0 amide bonds. The van der Waals surface area contributed by atoms with Crippen LogP contribution in [-0.2, 0) is 0 Å².